The number of nitrogens with zero attached hydrogens (tertiary/aromatic N) is 1. The summed E-state index contributed by atoms with van der Waals surface area (Å²) >= 11 is 0. The number of carbonyl (C=O) groups is 1. The first-order chi connectivity index (χ1) is 13.7. The number of carbonyl (C=O) groups excluding carboxylic acids is 1. The van der Waals surface area contributed by atoms with Gasteiger partial charge in [0.15, 0.2) is 0 Å². The van der Waals surface area contributed by atoms with E-state index in [-0.39, 0.29) is 5.97 Å². The summed E-state index contributed by atoms with van der Waals surface area (Å²) in [6.45, 7) is 4.75. The molecule has 3 heteroatoms. The van der Waals surface area contributed by atoms with Gasteiger partial charge in [-0.25, -0.2) is 4.79 Å². The number of aryl methyl sites for hydroxylation is 2. The van der Waals surface area contributed by atoms with Crippen LogP contribution >= 0.6 is 0 Å². The van der Waals surface area contributed by atoms with Gasteiger partial charge >= 0.3 is 5.97 Å². The number of unbranched alkanes of at least 4 members (excludes halogenated alkanes) is 1. The molecule has 3 aromatic carbocycles. The summed E-state index contributed by atoms with van der Waals surface area (Å²) in [7, 11) is 2.03. The van der Waals surface area contributed by atoms with E-state index in [1.165, 1.54) is 16.3 Å². The lowest BCUT2D eigenvalue weighted by molar-refractivity contribution is 0.0502. The van der Waals surface area contributed by atoms with Gasteiger partial charge < -0.3 is 9.30 Å². The van der Waals surface area contributed by atoms with Crippen LogP contribution in [0.3, 0.4) is 0 Å². The van der Waals surface area contributed by atoms with E-state index in [9.17, 15) is 4.79 Å². The maximum atomic E-state index is 13.0. The predicted molar refractivity (Wildman–Crippen MR) is 117 cm³/mol. The zero-order valence-corrected chi connectivity index (χ0v) is 16.9. The second-order valence-corrected chi connectivity index (χ2v) is 7.52. The molecule has 1 heterocycles. The van der Waals surface area contributed by atoms with E-state index in [0.29, 0.717) is 12.2 Å². The van der Waals surface area contributed by atoms with Gasteiger partial charge in [0.2, 0.25) is 0 Å². The van der Waals surface area contributed by atoms with Crippen molar-refractivity contribution in [2.24, 2.45) is 7.05 Å². The highest BCUT2D eigenvalue weighted by atomic mass is 16.5. The highest BCUT2D eigenvalue weighted by molar-refractivity contribution is 6.25. The zero-order valence-electron chi connectivity index (χ0n) is 16.9. The molecule has 4 aromatic rings. The topological polar surface area (TPSA) is 31.2 Å². The molecule has 0 N–H and O–H groups in total. The Kier molecular flexibility index (Phi) is 5.08. The highest BCUT2D eigenvalue weighted by Crippen LogP contribution is 2.37. The van der Waals surface area contributed by atoms with E-state index in [0.717, 1.165) is 47.5 Å². The molecule has 0 aliphatic heterocycles. The number of hydrogen-bond donors (Lipinski definition) is 0. The molecule has 0 unspecified atom stereocenters. The molecule has 1 aromatic heterocycles. The SMILES string of the molecule is CCCCOC(=O)c1cc2cc(CCC)ccc2c2c3ccccc3n(C)c12. The standard InChI is InChI=1S/C25H27NO2/c1-4-6-14-28-25(27)21-16-18-15-17(9-5-2)12-13-19(18)23-20-10-7-8-11-22(20)26(3)24(21)23/h7-8,10-13,15-16H,4-6,9,14H2,1-3H3. The van der Waals surface area contributed by atoms with Crippen molar-refractivity contribution in [3.8, 4) is 0 Å². The van der Waals surface area contributed by atoms with Crippen molar-refractivity contribution in [1.82, 2.24) is 4.57 Å². The Bertz CT molecular complexity index is 1170. The highest BCUT2D eigenvalue weighted by Gasteiger charge is 2.20. The Morgan fingerprint density at radius 1 is 1.00 bits per heavy atom. The lowest BCUT2D eigenvalue weighted by Gasteiger charge is -2.11. The van der Waals surface area contributed by atoms with Crippen LogP contribution in [0.15, 0.2) is 48.5 Å². The van der Waals surface area contributed by atoms with E-state index in [4.69, 9.17) is 4.74 Å². The van der Waals surface area contributed by atoms with Crippen molar-refractivity contribution in [2.45, 2.75) is 39.5 Å². The first-order valence-corrected chi connectivity index (χ1v) is 10.3. The number of ether oxygens (including phenoxy) is 1. The summed E-state index contributed by atoms with van der Waals surface area (Å²) in [5, 5.41) is 4.62. The molecule has 0 fully saturated rings. The van der Waals surface area contributed by atoms with Crippen LogP contribution in [0.1, 0.15) is 49.0 Å². The average molecular weight is 373 g/mol. The summed E-state index contributed by atoms with van der Waals surface area (Å²) in [6.07, 6.45) is 4.04. The minimum atomic E-state index is -0.229. The number of hydrogen-bond acceptors (Lipinski definition) is 2. The first-order valence-electron chi connectivity index (χ1n) is 10.3. The van der Waals surface area contributed by atoms with Crippen LogP contribution in [0, 0.1) is 0 Å². The summed E-state index contributed by atoms with van der Waals surface area (Å²) < 4.78 is 7.73. The lowest BCUT2D eigenvalue weighted by atomic mass is 9.97. The van der Waals surface area contributed by atoms with Gasteiger partial charge in [0.05, 0.1) is 17.7 Å². The molecule has 0 radical (unpaired) electrons. The van der Waals surface area contributed by atoms with Crippen molar-refractivity contribution in [3.05, 3.63) is 59.7 Å². The van der Waals surface area contributed by atoms with Gasteiger partial charge in [-0.05, 0) is 41.3 Å². The minimum absolute atomic E-state index is 0.229. The van der Waals surface area contributed by atoms with Crippen LogP contribution in [-0.2, 0) is 18.2 Å². The lowest BCUT2D eigenvalue weighted by Crippen LogP contribution is -2.08. The molecule has 0 aliphatic carbocycles. The molecule has 0 saturated heterocycles. The molecule has 144 valence electrons. The van der Waals surface area contributed by atoms with Crippen LogP contribution in [0.2, 0.25) is 0 Å². The quantitative estimate of drug-likeness (QED) is 0.289. The molecule has 0 bridgehead atoms. The number of fused-ring (bicyclic) bond motifs is 5. The van der Waals surface area contributed by atoms with E-state index in [1.807, 2.05) is 19.2 Å². The first kappa shape index (κ1) is 18.5. The molecule has 0 spiro atoms. The third-order valence-corrected chi connectivity index (χ3v) is 5.54. The molecule has 3 nitrogen and oxygen atoms in total. The second-order valence-electron chi connectivity index (χ2n) is 7.52. The van der Waals surface area contributed by atoms with Crippen molar-refractivity contribution in [1.29, 1.82) is 0 Å². The van der Waals surface area contributed by atoms with Crippen LogP contribution < -0.4 is 0 Å². The number of rotatable bonds is 6. The Morgan fingerprint density at radius 3 is 2.61 bits per heavy atom. The van der Waals surface area contributed by atoms with Gasteiger partial charge in [-0.2, -0.15) is 0 Å². The second kappa shape index (κ2) is 7.67. The average Bonchev–Trinajstić information content (AvgIpc) is 3.01. The molecule has 0 amide bonds. The van der Waals surface area contributed by atoms with E-state index in [2.05, 4.69) is 54.8 Å². The smallest absolute Gasteiger partial charge is 0.340 e. The zero-order chi connectivity index (χ0) is 19.7. The molecule has 28 heavy (non-hydrogen) atoms. The van der Waals surface area contributed by atoms with Gasteiger partial charge in [0.1, 0.15) is 0 Å². The fourth-order valence-electron chi connectivity index (χ4n) is 4.15. The van der Waals surface area contributed by atoms with Gasteiger partial charge in [-0.3, -0.25) is 0 Å². The van der Waals surface area contributed by atoms with E-state index in [1.54, 1.807) is 0 Å². The normalized spacial score (nSPS) is 11.5. The predicted octanol–water partition coefficient (Wildman–Crippen LogP) is 6.39. The van der Waals surface area contributed by atoms with Crippen molar-refractivity contribution in [2.75, 3.05) is 6.61 Å². The summed E-state index contributed by atoms with van der Waals surface area (Å²) in [5.74, 6) is -0.229. The van der Waals surface area contributed by atoms with Crippen LogP contribution in [0.25, 0.3) is 32.6 Å². The molecule has 0 atom stereocenters. The molecule has 0 saturated carbocycles. The van der Waals surface area contributed by atoms with E-state index < -0.39 is 0 Å². The largest absolute Gasteiger partial charge is 0.462 e. The molecular weight excluding hydrogens is 346 g/mol. The molecular formula is C25H27NO2. The molecule has 0 aliphatic rings. The fraction of sp³-hybridized carbons (Fsp3) is 0.320. The maximum absolute atomic E-state index is 13.0. The van der Waals surface area contributed by atoms with Gasteiger partial charge in [0.25, 0.3) is 0 Å². The third-order valence-electron chi connectivity index (χ3n) is 5.54. The minimum Gasteiger partial charge on any atom is -0.462 e. The number of aromatic nitrogens is 1. The Balaban J connectivity index is 2.03. The fourth-order valence-corrected chi connectivity index (χ4v) is 4.15. The molecule has 4 rings (SSSR count). The Hall–Kier alpha value is -2.81. The monoisotopic (exact) mass is 373 g/mol. The van der Waals surface area contributed by atoms with Crippen LogP contribution in [0.5, 0.6) is 0 Å². The van der Waals surface area contributed by atoms with Gasteiger partial charge in [0, 0.05) is 23.3 Å². The number of esters is 1. The third kappa shape index (κ3) is 3.05. The van der Waals surface area contributed by atoms with Gasteiger partial charge in [-0.15, -0.1) is 0 Å². The number of para-hydroxylation sites is 1. The van der Waals surface area contributed by atoms with Crippen molar-refractivity contribution in [3.63, 3.8) is 0 Å². The van der Waals surface area contributed by atoms with Crippen LogP contribution in [0.4, 0.5) is 0 Å². The Labute approximate surface area is 165 Å². The van der Waals surface area contributed by atoms with E-state index >= 15 is 0 Å². The van der Waals surface area contributed by atoms with Crippen LogP contribution in [-0.4, -0.2) is 17.1 Å². The summed E-state index contributed by atoms with van der Waals surface area (Å²) in [6, 6.07) is 17.0. The summed E-state index contributed by atoms with van der Waals surface area (Å²) in [4.78, 5) is 13.0. The van der Waals surface area contributed by atoms with Gasteiger partial charge in [-0.1, -0.05) is 63.1 Å². The maximum Gasteiger partial charge on any atom is 0.340 e. The number of benzene rings is 3. The summed E-state index contributed by atoms with van der Waals surface area (Å²) in [5.41, 5.74) is 4.05. The Morgan fingerprint density at radius 2 is 1.82 bits per heavy atom. The van der Waals surface area contributed by atoms with Crippen molar-refractivity contribution >= 4 is 38.5 Å². The van der Waals surface area contributed by atoms with Crippen molar-refractivity contribution < 1.29 is 9.53 Å².